The minimum atomic E-state index is -4.11. The van der Waals surface area contributed by atoms with Crippen LogP contribution in [0.3, 0.4) is 0 Å². The number of halogens is 3. The van der Waals surface area contributed by atoms with E-state index < -0.39 is 12.1 Å². The van der Waals surface area contributed by atoms with Crippen LogP contribution >= 0.6 is 0 Å². The van der Waals surface area contributed by atoms with Crippen LogP contribution in [0, 0.1) is 11.3 Å². The summed E-state index contributed by atoms with van der Waals surface area (Å²) in [6.07, 6.45) is -2.49. The molecule has 0 aromatic heterocycles. The number of guanidine groups is 1. The molecule has 3 unspecified atom stereocenters. The Bertz CT molecular complexity index is 405. The van der Waals surface area contributed by atoms with E-state index in [1.807, 2.05) is 6.92 Å². The number of alkyl halides is 3. The van der Waals surface area contributed by atoms with Crippen LogP contribution in [0.5, 0.6) is 0 Å². The van der Waals surface area contributed by atoms with Gasteiger partial charge in [0.25, 0.3) is 0 Å². The fourth-order valence-corrected chi connectivity index (χ4v) is 3.01. The van der Waals surface area contributed by atoms with Gasteiger partial charge in [0.1, 0.15) is 0 Å². The molecular formula is C17H32F3N3O. The van der Waals surface area contributed by atoms with Gasteiger partial charge in [-0.15, -0.1) is 0 Å². The quantitative estimate of drug-likeness (QED) is 0.586. The zero-order valence-electron chi connectivity index (χ0n) is 15.5. The molecule has 3 atom stereocenters. The van der Waals surface area contributed by atoms with Crippen LogP contribution in [-0.2, 0) is 4.74 Å². The molecule has 7 heteroatoms. The molecule has 0 aromatic rings. The van der Waals surface area contributed by atoms with E-state index in [9.17, 15) is 13.2 Å². The predicted octanol–water partition coefficient (Wildman–Crippen LogP) is 3.72. The fourth-order valence-electron chi connectivity index (χ4n) is 3.01. The molecule has 0 aromatic carbocycles. The third-order valence-corrected chi connectivity index (χ3v) is 4.49. The number of nitrogens with one attached hydrogen (secondary N) is 2. The van der Waals surface area contributed by atoms with E-state index in [1.54, 1.807) is 7.11 Å². The summed E-state index contributed by atoms with van der Waals surface area (Å²) in [4.78, 5) is 4.52. The molecule has 0 amide bonds. The lowest BCUT2D eigenvalue weighted by Crippen LogP contribution is -2.47. The fraction of sp³-hybridized carbons (Fsp3) is 0.941. The second-order valence-corrected chi connectivity index (χ2v) is 7.56. The molecule has 0 bridgehead atoms. The summed E-state index contributed by atoms with van der Waals surface area (Å²) in [7, 11) is 1.65. The summed E-state index contributed by atoms with van der Waals surface area (Å²) in [6.45, 7) is 9.29. The Morgan fingerprint density at radius 1 is 1.25 bits per heavy atom. The normalized spacial score (nSPS) is 24.6. The lowest BCUT2D eigenvalue weighted by molar-refractivity contribution is -0.183. The van der Waals surface area contributed by atoms with Crippen LogP contribution in [-0.4, -0.2) is 44.5 Å². The third-order valence-electron chi connectivity index (χ3n) is 4.49. The maximum Gasteiger partial charge on any atom is 0.391 e. The summed E-state index contributed by atoms with van der Waals surface area (Å²) >= 11 is 0. The minimum absolute atomic E-state index is 0.0535. The van der Waals surface area contributed by atoms with Crippen LogP contribution in [0.25, 0.3) is 0 Å². The lowest BCUT2D eigenvalue weighted by Gasteiger charge is -2.32. The van der Waals surface area contributed by atoms with Gasteiger partial charge in [0.15, 0.2) is 5.96 Å². The van der Waals surface area contributed by atoms with E-state index in [2.05, 4.69) is 36.4 Å². The first-order chi connectivity index (χ1) is 11.1. The van der Waals surface area contributed by atoms with Crippen molar-refractivity contribution >= 4 is 5.96 Å². The van der Waals surface area contributed by atoms with Crippen LogP contribution in [0.2, 0.25) is 0 Å². The van der Waals surface area contributed by atoms with E-state index >= 15 is 0 Å². The highest BCUT2D eigenvalue weighted by Crippen LogP contribution is 2.37. The number of aliphatic imine (C=N–C) groups is 1. The Hall–Kier alpha value is -0.980. The molecule has 0 aliphatic heterocycles. The summed E-state index contributed by atoms with van der Waals surface area (Å²) in [5, 5.41) is 6.29. The molecular weight excluding hydrogens is 319 g/mol. The molecule has 1 aliphatic carbocycles. The molecule has 1 saturated carbocycles. The average molecular weight is 351 g/mol. The second-order valence-electron chi connectivity index (χ2n) is 7.56. The molecule has 1 rings (SSSR count). The largest absolute Gasteiger partial charge is 0.391 e. The van der Waals surface area contributed by atoms with Gasteiger partial charge >= 0.3 is 6.18 Å². The van der Waals surface area contributed by atoms with E-state index in [4.69, 9.17) is 4.74 Å². The maximum atomic E-state index is 12.9. The van der Waals surface area contributed by atoms with Gasteiger partial charge in [0, 0.05) is 19.7 Å². The molecule has 0 saturated heterocycles. The van der Waals surface area contributed by atoms with Gasteiger partial charge < -0.3 is 15.4 Å². The van der Waals surface area contributed by atoms with Crippen molar-refractivity contribution in [1.29, 1.82) is 0 Å². The monoisotopic (exact) mass is 351 g/mol. The lowest BCUT2D eigenvalue weighted by atomic mass is 9.85. The van der Waals surface area contributed by atoms with Gasteiger partial charge in [0.05, 0.1) is 18.6 Å². The number of methoxy groups -OCH3 is 1. The number of ether oxygens (including phenoxy) is 1. The van der Waals surface area contributed by atoms with Crippen LogP contribution in [0.4, 0.5) is 13.2 Å². The minimum Gasteiger partial charge on any atom is -0.379 e. The number of hydrogen-bond acceptors (Lipinski definition) is 2. The van der Waals surface area contributed by atoms with Crippen molar-refractivity contribution in [3.63, 3.8) is 0 Å². The molecule has 2 N–H and O–H groups in total. The summed E-state index contributed by atoms with van der Waals surface area (Å²) in [6, 6.07) is -0.196. The molecule has 142 valence electrons. The molecule has 4 nitrogen and oxygen atoms in total. The van der Waals surface area contributed by atoms with Crippen molar-refractivity contribution in [1.82, 2.24) is 10.6 Å². The summed E-state index contributed by atoms with van der Waals surface area (Å²) in [5.41, 5.74) is -0.0538. The van der Waals surface area contributed by atoms with Crippen molar-refractivity contribution in [2.24, 2.45) is 16.3 Å². The molecule has 0 heterocycles. The smallest absolute Gasteiger partial charge is 0.379 e. The Morgan fingerprint density at radius 2 is 1.92 bits per heavy atom. The summed E-state index contributed by atoms with van der Waals surface area (Å²) in [5.74, 6) is -0.649. The first-order valence-electron chi connectivity index (χ1n) is 8.72. The first kappa shape index (κ1) is 21.1. The van der Waals surface area contributed by atoms with Gasteiger partial charge in [-0.25, -0.2) is 0 Å². The van der Waals surface area contributed by atoms with E-state index in [-0.39, 0.29) is 30.4 Å². The van der Waals surface area contributed by atoms with Crippen LogP contribution < -0.4 is 10.6 Å². The van der Waals surface area contributed by atoms with Gasteiger partial charge in [-0.1, -0.05) is 27.2 Å². The molecule has 0 spiro atoms. The Morgan fingerprint density at radius 3 is 2.42 bits per heavy atom. The number of nitrogens with zero attached hydrogens (tertiary/aromatic N) is 1. The van der Waals surface area contributed by atoms with Crippen LogP contribution in [0.15, 0.2) is 4.99 Å². The number of rotatable bonds is 5. The Kier molecular flexibility index (Phi) is 7.83. The van der Waals surface area contributed by atoms with E-state index in [0.29, 0.717) is 25.5 Å². The standard InChI is InChI=1S/C17H32F3N3O/c1-6-21-15(22-11-14(24-5)16(2,3)4)23-13-9-7-8-12(10-13)17(18,19)20/h12-14H,6-11H2,1-5H3,(H2,21,22,23). The maximum absolute atomic E-state index is 12.9. The van der Waals surface area contributed by atoms with Gasteiger partial charge in [0.2, 0.25) is 0 Å². The van der Waals surface area contributed by atoms with Crippen molar-refractivity contribution in [3.8, 4) is 0 Å². The average Bonchev–Trinajstić information content (AvgIpc) is 2.46. The van der Waals surface area contributed by atoms with Gasteiger partial charge in [-0.3, -0.25) is 4.99 Å². The molecule has 1 fully saturated rings. The van der Waals surface area contributed by atoms with E-state index in [1.165, 1.54) is 0 Å². The van der Waals surface area contributed by atoms with E-state index in [0.717, 1.165) is 6.42 Å². The highest BCUT2D eigenvalue weighted by atomic mass is 19.4. The SMILES string of the molecule is CCNC(=NCC(OC)C(C)(C)C)NC1CCCC(C(F)(F)F)C1. The third kappa shape index (κ3) is 6.87. The highest BCUT2D eigenvalue weighted by molar-refractivity contribution is 5.80. The number of hydrogen-bond donors (Lipinski definition) is 2. The van der Waals surface area contributed by atoms with Crippen LogP contribution in [0.1, 0.15) is 53.4 Å². The topological polar surface area (TPSA) is 45.7 Å². The second kappa shape index (κ2) is 8.92. The molecule has 24 heavy (non-hydrogen) atoms. The first-order valence-corrected chi connectivity index (χ1v) is 8.72. The summed E-state index contributed by atoms with van der Waals surface area (Å²) < 4.78 is 44.3. The van der Waals surface area contributed by atoms with Crippen molar-refractivity contribution in [3.05, 3.63) is 0 Å². The predicted molar refractivity (Wildman–Crippen MR) is 91.2 cm³/mol. The highest BCUT2D eigenvalue weighted by Gasteiger charge is 2.42. The molecule has 1 aliphatic rings. The van der Waals surface area contributed by atoms with Gasteiger partial charge in [-0.2, -0.15) is 13.2 Å². The Balaban J connectivity index is 2.69. The van der Waals surface area contributed by atoms with Crippen molar-refractivity contribution in [2.45, 2.75) is 71.7 Å². The zero-order chi connectivity index (χ0) is 18.4. The van der Waals surface area contributed by atoms with Crippen molar-refractivity contribution < 1.29 is 17.9 Å². The Labute approximate surface area is 143 Å². The van der Waals surface area contributed by atoms with Crippen molar-refractivity contribution in [2.75, 3.05) is 20.2 Å². The molecule has 0 radical (unpaired) electrons. The van der Waals surface area contributed by atoms with Gasteiger partial charge in [-0.05, 0) is 31.6 Å². The zero-order valence-corrected chi connectivity index (χ0v) is 15.5.